The SMILES string of the molecule is CCOC(=O)/C=C/c1ccc(NC(=O)CN(C)CC(=O)Nc2cccc(C)n2)cc1. The van der Waals surface area contributed by atoms with E-state index in [1.54, 1.807) is 55.3 Å². The summed E-state index contributed by atoms with van der Waals surface area (Å²) in [4.78, 5) is 41.5. The van der Waals surface area contributed by atoms with Gasteiger partial charge in [0.05, 0.1) is 19.7 Å². The van der Waals surface area contributed by atoms with Gasteiger partial charge in [0, 0.05) is 17.5 Å². The van der Waals surface area contributed by atoms with Crippen molar-refractivity contribution in [2.75, 3.05) is 37.4 Å². The Bertz CT molecular complexity index is 910. The van der Waals surface area contributed by atoms with Gasteiger partial charge in [-0.2, -0.15) is 0 Å². The minimum absolute atomic E-state index is 0.0547. The highest BCUT2D eigenvalue weighted by molar-refractivity contribution is 5.94. The molecule has 0 bridgehead atoms. The molecule has 0 spiro atoms. The fourth-order valence-corrected chi connectivity index (χ4v) is 2.57. The van der Waals surface area contributed by atoms with Crippen LogP contribution in [0.4, 0.5) is 11.5 Å². The number of pyridine rings is 1. The van der Waals surface area contributed by atoms with Gasteiger partial charge in [0.1, 0.15) is 5.82 Å². The molecule has 30 heavy (non-hydrogen) atoms. The third-order valence-electron chi connectivity index (χ3n) is 3.88. The molecule has 2 aromatic rings. The van der Waals surface area contributed by atoms with E-state index in [-0.39, 0.29) is 24.9 Å². The van der Waals surface area contributed by atoms with Crippen molar-refractivity contribution >= 4 is 35.4 Å². The van der Waals surface area contributed by atoms with Crippen molar-refractivity contribution in [2.45, 2.75) is 13.8 Å². The molecule has 0 radical (unpaired) electrons. The lowest BCUT2D eigenvalue weighted by molar-refractivity contribution is -0.137. The predicted octanol–water partition coefficient (Wildman–Crippen LogP) is 2.48. The molecule has 158 valence electrons. The number of hydrogen-bond donors (Lipinski definition) is 2. The molecular formula is C22H26N4O4. The summed E-state index contributed by atoms with van der Waals surface area (Å²) in [6, 6.07) is 12.4. The molecule has 1 aromatic heterocycles. The Morgan fingerprint density at radius 2 is 1.70 bits per heavy atom. The number of nitrogens with zero attached hydrogens (tertiary/aromatic N) is 2. The van der Waals surface area contributed by atoms with E-state index in [4.69, 9.17) is 4.74 Å². The lowest BCUT2D eigenvalue weighted by Gasteiger charge is -2.16. The first-order chi connectivity index (χ1) is 14.4. The van der Waals surface area contributed by atoms with Crippen molar-refractivity contribution in [1.82, 2.24) is 9.88 Å². The summed E-state index contributed by atoms with van der Waals surface area (Å²) in [6.07, 6.45) is 2.99. The number of esters is 1. The van der Waals surface area contributed by atoms with Gasteiger partial charge in [-0.1, -0.05) is 18.2 Å². The highest BCUT2D eigenvalue weighted by Gasteiger charge is 2.11. The van der Waals surface area contributed by atoms with Crippen LogP contribution in [-0.4, -0.2) is 54.4 Å². The third-order valence-corrected chi connectivity index (χ3v) is 3.88. The maximum Gasteiger partial charge on any atom is 0.330 e. The first-order valence-corrected chi connectivity index (χ1v) is 9.52. The second kappa shape index (κ2) is 11.5. The lowest BCUT2D eigenvalue weighted by atomic mass is 10.2. The second-order valence-electron chi connectivity index (χ2n) is 6.64. The molecule has 0 atom stereocenters. The number of amides is 2. The molecular weight excluding hydrogens is 384 g/mol. The van der Waals surface area contributed by atoms with Crippen LogP contribution in [-0.2, 0) is 19.1 Å². The van der Waals surface area contributed by atoms with Crippen LogP contribution in [0.5, 0.6) is 0 Å². The number of carbonyl (C=O) groups is 3. The molecule has 2 amide bonds. The Balaban J connectivity index is 1.79. The average molecular weight is 410 g/mol. The van der Waals surface area contributed by atoms with Gasteiger partial charge >= 0.3 is 5.97 Å². The third kappa shape index (κ3) is 8.24. The summed E-state index contributed by atoms with van der Waals surface area (Å²) < 4.78 is 4.82. The molecule has 1 aromatic carbocycles. The zero-order valence-corrected chi connectivity index (χ0v) is 17.3. The van der Waals surface area contributed by atoms with Gasteiger partial charge in [-0.05, 0) is 56.8 Å². The van der Waals surface area contributed by atoms with Crippen LogP contribution in [0.25, 0.3) is 6.08 Å². The number of ether oxygens (including phenoxy) is 1. The normalized spacial score (nSPS) is 10.8. The number of carbonyl (C=O) groups excluding carboxylic acids is 3. The molecule has 0 unspecified atom stereocenters. The number of rotatable bonds is 9. The number of nitrogens with one attached hydrogen (secondary N) is 2. The molecule has 8 nitrogen and oxygen atoms in total. The van der Waals surface area contributed by atoms with E-state index in [9.17, 15) is 14.4 Å². The molecule has 0 fully saturated rings. The average Bonchev–Trinajstić information content (AvgIpc) is 2.67. The topological polar surface area (TPSA) is 101 Å². The summed E-state index contributed by atoms with van der Waals surface area (Å²) in [5, 5.41) is 5.48. The van der Waals surface area contributed by atoms with Crippen molar-refractivity contribution in [1.29, 1.82) is 0 Å². The van der Waals surface area contributed by atoms with E-state index in [1.807, 2.05) is 19.1 Å². The lowest BCUT2D eigenvalue weighted by Crippen LogP contribution is -2.36. The molecule has 0 saturated carbocycles. The molecule has 8 heteroatoms. The fourth-order valence-electron chi connectivity index (χ4n) is 2.57. The van der Waals surface area contributed by atoms with Crippen LogP contribution < -0.4 is 10.6 Å². The van der Waals surface area contributed by atoms with Gasteiger partial charge in [0.25, 0.3) is 0 Å². The standard InChI is InChI=1S/C22H26N4O4/c1-4-30-22(29)13-10-17-8-11-18(12-9-17)24-20(27)14-26(3)15-21(28)25-19-7-5-6-16(2)23-19/h5-13H,4,14-15H2,1-3H3,(H,24,27)(H,23,25,28)/b13-10+. The highest BCUT2D eigenvalue weighted by atomic mass is 16.5. The smallest absolute Gasteiger partial charge is 0.330 e. The zero-order valence-electron chi connectivity index (χ0n) is 17.3. The first-order valence-electron chi connectivity index (χ1n) is 9.52. The van der Waals surface area contributed by atoms with Crippen molar-refractivity contribution < 1.29 is 19.1 Å². The molecule has 2 N–H and O–H groups in total. The zero-order chi connectivity index (χ0) is 21.9. The van der Waals surface area contributed by atoms with Gasteiger partial charge in [-0.25, -0.2) is 9.78 Å². The van der Waals surface area contributed by atoms with Crippen molar-refractivity contribution in [3.8, 4) is 0 Å². The van der Waals surface area contributed by atoms with Crippen LogP contribution in [0.3, 0.4) is 0 Å². The van der Waals surface area contributed by atoms with E-state index < -0.39 is 5.97 Å². The largest absolute Gasteiger partial charge is 0.463 e. The molecule has 0 aliphatic rings. The van der Waals surface area contributed by atoms with Gasteiger partial charge < -0.3 is 15.4 Å². The Kier molecular flexibility index (Phi) is 8.71. The van der Waals surface area contributed by atoms with Crippen molar-refractivity contribution in [2.24, 2.45) is 0 Å². The number of aromatic nitrogens is 1. The Hall–Kier alpha value is -3.52. The summed E-state index contributed by atoms with van der Waals surface area (Å²) in [5.74, 6) is -0.412. The maximum atomic E-state index is 12.2. The van der Waals surface area contributed by atoms with E-state index in [0.717, 1.165) is 11.3 Å². The monoisotopic (exact) mass is 410 g/mol. The van der Waals surface area contributed by atoms with Crippen molar-refractivity contribution in [3.05, 3.63) is 59.8 Å². The van der Waals surface area contributed by atoms with E-state index in [0.29, 0.717) is 18.1 Å². The highest BCUT2D eigenvalue weighted by Crippen LogP contribution is 2.11. The summed E-state index contributed by atoms with van der Waals surface area (Å²) >= 11 is 0. The maximum absolute atomic E-state index is 12.2. The van der Waals surface area contributed by atoms with Crippen LogP contribution in [0.2, 0.25) is 0 Å². The molecule has 1 heterocycles. The number of benzene rings is 1. The molecule has 2 rings (SSSR count). The van der Waals surface area contributed by atoms with E-state index in [2.05, 4.69) is 15.6 Å². The van der Waals surface area contributed by atoms with Gasteiger partial charge in [-0.15, -0.1) is 0 Å². The summed E-state index contributed by atoms with van der Waals surface area (Å²) in [5.41, 5.74) is 2.23. The first kappa shape index (κ1) is 22.8. The van der Waals surface area contributed by atoms with Gasteiger partial charge in [0.15, 0.2) is 0 Å². The molecule has 0 saturated heterocycles. The number of aryl methyl sites for hydroxylation is 1. The quantitative estimate of drug-likeness (QED) is 0.487. The fraction of sp³-hybridized carbons (Fsp3) is 0.273. The minimum Gasteiger partial charge on any atom is -0.463 e. The number of hydrogen-bond acceptors (Lipinski definition) is 6. The van der Waals surface area contributed by atoms with Crippen LogP contribution >= 0.6 is 0 Å². The minimum atomic E-state index is -0.403. The number of likely N-dealkylation sites (N-methyl/N-ethyl adjacent to an activating group) is 1. The van der Waals surface area contributed by atoms with Crippen LogP contribution in [0.1, 0.15) is 18.2 Å². The second-order valence-corrected chi connectivity index (χ2v) is 6.64. The number of anilines is 2. The Morgan fingerprint density at radius 3 is 2.33 bits per heavy atom. The molecule has 0 aliphatic heterocycles. The van der Waals surface area contributed by atoms with Gasteiger partial charge in [0.2, 0.25) is 11.8 Å². The van der Waals surface area contributed by atoms with E-state index in [1.165, 1.54) is 6.08 Å². The van der Waals surface area contributed by atoms with E-state index >= 15 is 0 Å². The predicted molar refractivity (Wildman–Crippen MR) is 116 cm³/mol. The summed E-state index contributed by atoms with van der Waals surface area (Å²) in [6.45, 7) is 4.02. The molecule has 0 aliphatic carbocycles. The summed E-state index contributed by atoms with van der Waals surface area (Å²) in [7, 11) is 1.69. The van der Waals surface area contributed by atoms with Crippen LogP contribution in [0, 0.1) is 6.92 Å². The Labute approximate surface area is 175 Å². The van der Waals surface area contributed by atoms with Crippen molar-refractivity contribution in [3.63, 3.8) is 0 Å². The van der Waals surface area contributed by atoms with Crippen LogP contribution in [0.15, 0.2) is 48.5 Å². The Morgan fingerprint density at radius 1 is 1.03 bits per heavy atom. The van der Waals surface area contributed by atoms with Gasteiger partial charge in [-0.3, -0.25) is 14.5 Å².